The molecular formula is C29H48O4. The number of aliphatic hydroxyl groups is 2. The summed E-state index contributed by atoms with van der Waals surface area (Å²) in [6, 6.07) is 0. The lowest BCUT2D eigenvalue weighted by Gasteiger charge is -2.62. The number of rotatable bonds is 6. The van der Waals surface area contributed by atoms with Gasteiger partial charge in [-0.25, -0.2) is 4.89 Å². The quantitative estimate of drug-likeness (QED) is 0.250. The molecule has 5 fully saturated rings. The van der Waals surface area contributed by atoms with E-state index in [0.717, 1.165) is 18.3 Å². The highest BCUT2D eigenvalue weighted by atomic mass is 17.1. The van der Waals surface area contributed by atoms with E-state index in [-0.39, 0.29) is 6.10 Å². The Morgan fingerprint density at radius 3 is 2.42 bits per heavy atom. The van der Waals surface area contributed by atoms with E-state index in [0.29, 0.717) is 51.4 Å². The molecule has 5 aliphatic carbocycles. The van der Waals surface area contributed by atoms with Crippen molar-refractivity contribution >= 4 is 0 Å². The first-order valence-electron chi connectivity index (χ1n) is 13.8. The van der Waals surface area contributed by atoms with Crippen molar-refractivity contribution in [3.8, 4) is 0 Å². The monoisotopic (exact) mass is 460 g/mol. The van der Waals surface area contributed by atoms with Crippen LogP contribution in [0.15, 0.2) is 12.2 Å². The first-order chi connectivity index (χ1) is 15.5. The first-order valence-corrected chi connectivity index (χ1v) is 13.8. The van der Waals surface area contributed by atoms with Crippen LogP contribution >= 0.6 is 0 Å². The summed E-state index contributed by atoms with van der Waals surface area (Å²) < 4.78 is 0. The summed E-state index contributed by atoms with van der Waals surface area (Å²) in [7, 11) is 0. The normalized spacial score (nSPS) is 53.2. The minimum Gasteiger partial charge on any atom is -0.393 e. The number of fused-ring (bicyclic) bond motifs is 2. The molecule has 33 heavy (non-hydrogen) atoms. The average Bonchev–Trinajstić information content (AvgIpc) is 3.33. The Kier molecular flexibility index (Phi) is 5.73. The second-order valence-corrected chi connectivity index (χ2v) is 13.8. The highest BCUT2D eigenvalue weighted by Crippen LogP contribution is 2.88. The van der Waals surface area contributed by atoms with Crippen molar-refractivity contribution in [2.45, 2.75) is 117 Å². The zero-order chi connectivity index (χ0) is 24.0. The maximum atomic E-state index is 10.8. The molecule has 0 saturated heterocycles. The third-order valence-corrected chi connectivity index (χ3v) is 13.0. The molecule has 0 aromatic rings. The fourth-order valence-corrected chi connectivity index (χ4v) is 11.1. The Labute approximate surface area is 201 Å². The maximum absolute atomic E-state index is 10.8. The molecule has 0 unspecified atom stereocenters. The van der Waals surface area contributed by atoms with Gasteiger partial charge >= 0.3 is 0 Å². The Hall–Kier alpha value is -0.420. The Bertz CT molecular complexity index is 796. The first kappa shape index (κ1) is 24.3. The van der Waals surface area contributed by atoms with Gasteiger partial charge in [-0.15, -0.1) is 0 Å². The highest BCUT2D eigenvalue weighted by Gasteiger charge is 2.81. The summed E-state index contributed by atoms with van der Waals surface area (Å²) in [4.78, 5) is 4.58. The molecule has 3 N–H and O–H groups in total. The summed E-state index contributed by atoms with van der Waals surface area (Å²) in [5.74, 6) is 2.99. The van der Waals surface area contributed by atoms with Crippen LogP contribution in [-0.2, 0) is 4.89 Å². The van der Waals surface area contributed by atoms with Crippen molar-refractivity contribution in [3.63, 3.8) is 0 Å². The van der Waals surface area contributed by atoms with Gasteiger partial charge < -0.3 is 10.2 Å². The summed E-state index contributed by atoms with van der Waals surface area (Å²) in [5, 5.41) is 30.7. The second-order valence-electron chi connectivity index (χ2n) is 13.8. The van der Waals surface area contributed by atoms with Gasteiger partial charge in [0.2, 0.25) is 0 Å². The summed E-state index contributed by atoms with van der Waals surface area (Å²) in [5.41, 5.74) is 2.39. The Morgan fingerprint density at radius 1 is 1.03 bits per heavy atom. The number of hydrogen-bond acceptors (Lipinski definition) is 4. The third-order valence-electron chi connectivity index (χ3n) is 13.0. The summed E-state index contributed by atoms with van der Waals surface area (Å²) in [6.45, 7) is 15.5. The molecule has 0 aromatic heterocycles. The molecule has 0 heterocycles. The van der Waals surface area contributed by atoms with E-state index < -0.39 is 12.2 Å². The standard InChI is InChI=1S/C29H48O4/c1-17(2)25(33-32)23(31)15-18(3)20-9-11-27(6)24-8-7-21-19(4)22(30)10-12-28(21)16-29(24,28)14-13-26(20,27)5/h18-25,30-32H,1,7-16H2,2-6H3/t18-,19+,20-,21+,22+,23+,24+,25+,26-,27+,28-,29+/m1/s1. The molecule has 5 rings (SSSR count). The van der Waals surface area contributed by atoms with Crippen molar-refractivity contribution in [3.05, 3.63) is 12.2 Å². The molecule has 5 aliphatic rings. The van der Waals surface area contributed by atoms with E-state index in [2.05, 4.69) is 39.2 Å². The van der Waals surface area contributed by atoms with Crippen LogP contribution in [0.4, 0.5) is 0 Å². The maximum Gasteiger partial charge on any atom is 0.139 e. The van der Waals surface area contributed by atoms with Crippen molar-refractivity contribution in [2.24, 2.45) is 51.2 Å². The van der Waals surface area contributed by atoms with Gasteiger partial charge in [-0.05, 0) is 128 Å². The predicted octanol–water partition coefficient (Wildman–Crippen LogP) is 6.22. The summed E-state index contributed by atoms with van der Waals surface area (Å²) >= 11 is 0. The molecule has 0 amide bonds. The molecule has 5 saturated carbocycles. The van der Waals surface area contributed by atoms with E-state index in [4.69, 9.17) is 0 Å². The van der Waals surface area contributed by atoms with Gasteiger partial charge in [-0.1, -0.05) is 34.3 Å². The van der Waals surface area contributed by atoms with E-state index in [1.54, 1.807) is 6.92 Å². The van der Waals surface area contributed by atoms with Crippen LogP contribution in [0.25, 0.3) is 0 Å². The second kappa shape index (κ2) is 7.79. The van der Waals surface area contributed by atoms with Gasteiger partial charge in [-0.3, -0.25) is 5.26 Å². The topological polar surface area (TPSA) is 69.9 Å². The lowest BCUT2D eigenvalue weighted by atomic mass is 9.43. The van der Waals surface area contributed by atoms with Crippen LogP contribution in [0.2, 0.25) is 0 Å². The van der Waals surface area contributed by atoms with Gasteiger partial charge in [0.15, 0.2) is 0 Å². The minimum absolute atomic E-state index is 0.0895. The molecule has 12 atom stereocenters. The molecule has 0 aliphatic heterocycles. The lowest BCUT2D eigenvalue weighted by Crippen LogP contribution is -2.56. The average molecular weight is 461 g/mol. The van der Waals surface area contributed by atoms with Crippen LogP contribution in [-0.4, -0.2) is 33.8 Å². The zero-order valence-corrected chi connectivity index (χ0v) is 21.6. The molecule has 0 aromatic carbocycles. The highest BCUT2D eigenvalue weighted by molar-refractivity contribution is 5.29. The fourth-order valence-electron chi connectivity index (χ4n) is 11.1. The lowest BCUT2D eigenvalue weighted by molar-refractivity contribution is -0.287. The molecule has 2 spiro atoms. The van der Waals surface area contributed by atoms with Gasteiger partial charge in [0.25, 0.3) is 0 Å². The number of aliphatic hydroxyl groups excluding tert-OH is 2. The fraction of sp³-hybridized carbons (Fsp3) is 0.931. The molecule has 4 heteroatoms. The zero-order valence-electron chi connectivity index (χ0n) is 21.6. The largest absolute Gasteiger partial charge is 0.393 e. The van der Waals surface area contributed by atoms with Gasteiger partial charge in [-0.2, -0.15) is 0 Å². The summed E-state index contributed by atoms with van der Waals surface area (Å²) in [6.07, 6.45) is 10.7. The van der Waals surface area contributed by atoms with Crippen LogP contribution in [0, 0.1) is 51.2 Å². The van der Waals surface area contributed by atoms with E-state index in [1.807, 2.05) is 0 Å². The van der Waals surface area contributed by atoms with E-state index in [1.165, 1.54) is 51.4 Å². The van der Waals surface area contributed by atoms with E-state index in [9.17, 15) is 15.5 Å². The third kappa shape index (κ3) is 3.02. The van der Waals surface area contributed by atoms with Crippen LogP contribution < -0.4 is 0 Å². The molecule has 4 nitrogen and oxygen atoms in total. The van der Waals surface area contributed by atoms with Crippen LogP contribution in [0.5, 0.6) is 0 Å². The van der Waals surface area contributed by atoms with Crippen LogP contribution in [0.3, 0.4) is 0 Å². The van der Waals surface area contributed by atoms with Crippen molar-refractivity contribution in [2.75, 3.05) is 0 Å². The van der Waals surface area contributed by atoms with Crippen LogP contribution in [0.1, 0.15) is 98.8 Å². The van der Waals surface area contributed by atoms with Crippen molar-refractivity contribution < 1.29 is 20.4 Å². The SMILES string of the molecule is C=C(C)[C@H](OO)[C@@H](O)C[C@@H](C)[C@H]1CC[C@@]2(C)[C@@H]3CC[C@H]4[C@H](C)[C@@H](O)CC[C@@]45C[C@@]35CC[C@]12C. The van der Waals surface area contributed by atoms with Gasteiger partial charge in [0, 0.05) is 0 Å². The van der Waals surface area contributed by atoms with Crippen molar-refractivity contribution in [1.82, 2.24) is 0 Å². The predicted molar refractivity (Wildman–Crippen MR) is 130 cm³/mol. The van der Waals surface area contributed by atoms with Crippen molar-refractivity contribution in [1.29, 1.82) is 0 Å². The van der Waals surface area contributed by atoms with Gasteiger partial charge in [0.05, 0.1) is 12.2 Å². The molecule has 0 radical (unpaired) electrons. The minimum atomic E-state index is -0.717. The molecule has 188 valence electrons. The number of hydrogen-bond donors (Lipinski definition) is 3. The smallest absolute Gasteiger partial charge is 0.139 e. The molecular weight excluding hydrogens is 412 g/mol. The van der Waals surface area contributed by atoms with E-state index >= 15 is 0 Å². The Morgan fingerprint density at radius 2 is 1.76 bits per heavy atom. The Balaban J connectivity index is 1.37. The van der Waals surface area contributed by atoms with Gasteiger partial charge in [0.1, 0.15) is 6.10 Å². The molecule has 0 bridgehead atoms.